The highest BCUT2D eigenvalue weighted by molar-refractivity contribution is 7.90. The number of phenols is 1. The molecule has 4 amide bonds. The Hall–Kier alpha value is -6.37. The highest BCUT2D eigenvalue weighted by atomic mass is 32.2. The summed E-state index contributed by atoms with van der Waals surface area (Å²) in [6.45, 7) is 16.8. The summed E-state index contributed by atoms with van der Waals surface area (Å²) in [6, 6.07) is 6.26. The van der Waals surface area contributed by atoms with Crippen molar-refractivity contribution in [1.82, 2.24) is 25.6 Å². The molecule has 66 heavy (non-hydrogen) atoms. The van der Waals surface area contributed by atoms with Crippen molar-refractivity contribution in [3.05, 3.63) is 86.5 Å². The molecule has 358 valence electrons. The largest absolute Gasteiger partial charge is 0.508 e. The van der Waals surface area contributed by atoms with E-state index in [-0.39, 0.29) is 49.4 Å². The van der Waals surface area contributed by atoms with Crippen LogP contribution in [0, 0.1) is 34.6 Å². The number of nitrogens with two attached hydrogens (primary N) is 1. The molecule has 0 unspecified atom stereocenters. The average Bonchev–Trinajstić information content (AvgIpc) is 3.46. The van der Waals surface area contributed by atoms with Crippen molar-refractivity contribution in [1.29, 1.82) is 0 Å². The van der Waals surface area contributed by atoms with Gasteiger partial charge in [-0.05, 0) is 139 Å². The number of aryl methyl sites for hydroxylation is 2. The summed E-state index contributed by atoms with van der Waals surface area (Å²) in [5.74, 6) is -3.16. The first kappa shape index (κ1) is 50.6. The minimum Gasteiger partial charge on any atom is -0.508 e. The minimum absolute atomic E-state index is 0.00292. The van der Waals surface area contributed by atoms with Gasteiger partial charge in [0.1, 0.15) is 47.4 Å². The maximum absolute atomic E-state index is 14.4. The third-order valence-electron chi connectivity index (χ3n) is 11.6. The van der Waals surface area contributed by atoms with Gasteiger partial charge in [-0.2, -0.15) is 0 Å². The lowest BCUT2D eigenvalue weighted by Gasteiger charge is -2.28. The van der Waals surface area contributed by atoms with E-state index >= 15 is 0 Å². The molecule has 2 aliphatic rings. The highest BCUT2D eigenvalue weighted by Crippen LogP contribution is 2.43. The molecule has 0 aromatic heterocycles. The fourth-order valence-electron chi connectivity index (χ4n) is 8.46. The number of nitrogens with one attached hydrogen (secondary N) is 4. The second kappa shape index (κ2) is 20.0. The van der Waals surface area contributed by atoms with E-state index in [4.69, 9.17) is 15.2 Å². The Morgan fingerprint density at radius 3 is 2.23 bits per heavy atom. The van der Waals surface area contributed by atoms with Crippen LogP contribution in [0.1, 0.15) is 97.5 Å². The molecule has 19 heteroatoms. The number of carbonyl (C=O) groups excluding carboxylic acids is 4. The molecular formula is C47H63N7O11S. The average molecular weight is 934 g/mol. The second-order valence-electron chi connectivity index (χ2n) is 18.7. The Morgan fingerprint density at radius 1 is 0.970 bits per heavy atom. The summed E-state index contributed by atoms with van der Waals surface area (Å²) < 4.78 is 41.6. The van der Waals surface area contributed by atoms with Gasteiger partial charge < -0.3 is 46.3 Å². The molecule has 3 aromatic carbocycles. The van der Waals surface area contributed by atoms with Crippen molar-refractivity contribution in [2.24, 2.45) is 10.7 Å². The zero-order valence-corrected chi connectivity index (χ0v) is 40.1. The van der Waals surface area contributed by atoms with Crippen molar-refractivity contribution in [3.63, 3.8) is 0 Å². The number of fused-ring (bicyclic) bond motifs is 2. The summed E-state index contributed by atoms with van der Waals surface area (Å²) >= 11 is 0. The number of aromatic hydroxyl groups is 1. The predicted molar refractivity (Wildman–Crippen MR) is 247 cm³/mol. The van der Waals surface area contributed by atoms with Crippen molar-refractivity contribution in [3.8, 4) is 11.5 Å². The molecule has 0 bridgehead atoms. The van der Waals surface area contributed by atoms with Gasteiger partial charge in [0.15, 0.2) is 0 Å². The Kier molecular flexibility index (Phi) is 15.4. The molecule has 2 heterocycles. The first-order valence-corrected chi connectivity index (χ1v) is 23.3. The lowest BCUT2D eigenvalue weighted by atomic mass is 9.94. The Morgan fingerprint density at radius 2 is 1.61 bits per heavy atom. The molecule has 0 spiro atoms. The number of alkyl carbamates (subject to hydrolysis) is 1. The number of rotatable bonds is 15. The SMILES string of the molecule is Cc1cc(O)cc(C)c1C[C@H](NC(=O)OC(C)(C)C)C(=O)N[C@H](CCCN=C(N)NS(=O)(=O)c1c(C)c(C)c2c(c1C)CC(C)(C)O2)C(=O)N[C@H]1Cc2ccccc2CN(CC(=O)O)C1=O. The van der Waals surface area contributed by atoms with Crippen LogP contribution in [0.25, 0.3) is 0 Å². The normalized spacial score (nSPS) is 16.8. The zero-order valence-electron chi connectivity index (χ0n) is 39.3. The molecule has 2 aliphatic heterocycles. The Labute approximate surface area is 386 Å². The fraction of sp³-hybridized carbons (Fsp3) is 0.489. The number of carboxylic acids is 1. The summed E-state index contributed by atoms with van der Waals surface area (Å²) in [5, 5.41) is 27.9. The lowest BCUT2D eigenvalue weighted by molar-refractivity contribution is -0.146. The number of sulfonamides is 1. The molecular weight excluding hydrogens is 871 g/mol. The number of amides is 4. The summed E-state index contributed by atoms with van der Waals surface area (Å²) in [6.07, 6.45) is -0.447. The van der Waals surface area contributed by atoms with Crippen molar-refractivity contribution in [2.45, 2.75) is 142 Å². The van der Waals surface area contributed by atoms with E-state index in [1.165, 1.54) is 12.1 Å². The second-order valence-corrected chi connectivity index (χ2v) is 20.3. The van der Waals surface area contributed by atoms with E-state index in [1.54, 1.807) is 79.7 Å². The number of aliphatic imine (C=N–C) groups is 1. The number of carboxylic acid groups (broad SMARTS) is 1. The molecule has 0 fully saturated rings. The number of hydrogen-bond donors (Lipinski definition) is 7. The van der Waals surface area contributed by atoms with Crippen molar-refractivity contribution >= 4 is 45.8 Å². The monoisotopic (exact) mass is 933 g/mol. The van der Waals surface area contributed by atoms with Gasteiger partial charge in [0, 0.05) is 37.9 Å². The van der Waals surface area contributed by atoms with Gasteiger partial charge in [-0.15, -0.1) is 0 Å². The van der Waals surface area contributed by atoms with Crippen LogP contribution in [-0.4, -0.2) is 102 Å². The van der Waals surface area contributed by atoms with E-state index in [9.17, 15) is 42.6 Å². The van der Waals surface area contributed by atoms with Crippen molar-refractivity contribution in [2.75, 3.05) is 13.1 Å². The van der Waals surface area contributed by atoms with Gasteiger partial charge in [-0.25, -0.2) is 17.9 Å². The number of benzene rings is 3. The van der Waals surface area contributed by atoms with Crippen LogP contribution in [0.15, 0.2) is 46.3 Å². The lowest BCUT2D eigenvalue weighted by Crippen LogP contribution is -2.57. The molecule has 5 rings (SSSR count). The summed E-state index contributed by atoms with van der Waals surface area (Å²) in [4.78, 5) is 72.9. The quantitative estimate of drug-likeness (QED) is 0.0652. The van der Waals surface area contributed by atoms with E-state index in [0.717, 1.165) is 16.0 Å². The van der Waals surface area contributed by atoms with Crippen LogP contribution in [0.2, 0.25) is 0 Å². The number of hydrogen-bond acceptors (Lipinski definition) is 11. The Balaban J connectivity index is 1.41. The number of ether oxygens (including phenoxy) is 2. The smallest absolute Gasteiger partial charge is 0.408 e. The van der Waals surface area contributed by atoms with Gasteiger partial charge >= 0.3 is 12.1 Å². The van der Waals surface area contributed by atoms with Crippen LogP contribution >= 0.6 is 0 Å². The summed E-state index contributed by atoms with van der Waals surface area (Å²) in [5.41, 5.74) is 10.6. The van der Waals surface area contributed by atoms with Gasteiger partial charge in [0.2, 0.25) is 23.7 Å². The zero-order chi connectivity index (χ0) is 49.1. The summed E-state index contributed by atoms with van der Waals surface area (Å²) in [7, 11) is -4.22. The highest BCUT2D eigenvalue weighted by Gasteiger charge is 2.38. The molecule has 0 saturated carbocycles. The van der Waals surface area contributed by atoms with E-state index < -0.39 is 81.6 Å². The van der Waals surface area contributed by atoms with Crippen LogP contribution in [-0.2, 0) is 59.7 Å². The van der Waals surface area contributed by atoms with E-state index in [1.807, 2.05) is 13.8 Å². The van der Waals surface area contributed by atoms with Crippen LogP contribution in [0.4, 0.5) is 4.79 Å². The van der Waals surface area contributed by atoms with E-state index in [0.29, 0.717) is 51.1 Å². The topological polar surface area (TPSA) is 268 Å². The number of phenolic OH excluding ortho intramolecular Hbond substituents is 1. The first-order valence-electron chi connectivity index (χ1n) is 21.8. The number of carbonyl (C=O) groups is 5. The number of aliphatic carboxylic acids is 1. The third kappa shape index (κ3) is 12.5. The van der Waals surface area contributed by atoms with Gasteiger partial charge in [0.05, 0.1) is 4.90 Å². The molecule has 0 aliphatic carbocycles. The molecule has 3 atom stereocenters. The maximum atomic E-state index is 14.4. The maximum Gasteiger partial charge on any atom is 0.408 e. The van der Waals surface area contributed by atoms with Gasteiger partial charge in [-0.3, -0.25) is 24.2 Å². The third-order valence-corrected chi connectivity index (χ3v) is 13.2. The standard InChI is InChI=1S/C47H63N7O11S/c1-25-18-32(55)19-26(2)33(25)21-36(52-45(61)65-46(6,7)8)42(59)50-35(41(58)51-37-20-30-14-11-12-15-31(30)23-54(43(37)60)24-38(56)57)16-13-17-49-44(48)53-66(62,63)40-28(4)27(3)39-34(29(40)5)22-47(9,10)64-39/h11-12,14-15,18-19,35-37,55H,13,16-17,20-24H2,1-10H3,(H,50,59)(H,51,58)(H,52,61)(H,56,57)(H3,48,49,53)/t35-,36+,37+/m1/s1. The molecule has 18 nitrogen and oxygen atoms in total. The van der Waals surface area contributed by atoms with Crippen LogP contribution in [0.3, 0.4) is 0 Å². The van der Waals surface area contributed by atoms with Crippen LogP contribution in [0.5, 0.6) is 11.5 Å². The molecule has 0 saturated heterocycles. The van der Waals surface area contributed by atoms with Crippen LogP contribution < -0.4 is 31.1 Å². The predicted octanol–water partition coefficient (Wildman–Crippen LogP) is 3.80. The first-order chi connectivity index (χ1) is 30.7. The van der Waals surface area contributed by atoms with Gasteiger partial charge in [0.25, 0.3) is 10.0 Å². The Bertz CT molecular complexity index is 2530. The number of guanidine groups is 1. The number of nitrogens with zero attached hydrogens (tertiary/aromatic N) is 2. The van der Waals surface area contributed by atoms with Gasteiger partial charge in [-0.1, -0.05) is 24.3 Å². The molecule has 0 radical (unpaired) electrons. The minimum atomic E-state index is -4.22. The molecule has 3 aromatic rings. The molecule has 8 N–H and O–H groups in total. The fourth-order valence-corrected chi connectivity index (χ4v) is 9.99. The van der Waals surface area contributed by atoms with Crippen molar-refractivity contribution < 1.29 is 52.1 Å². The van der Waals surface area contributed by atoms with E-state index in [2.05, 4.69) is 25.7 Å².